The molecule has 1 heterocycles. The summed E-state index contributed by atoms with van der Waals surface area (Å²) in [4.78, 5) is 24.6. The topological polar surface area (TPSA) is 69.6 Å². The second-order valence-corrected chi connectivity index (χ2v) is 6.40. The molecule has 6 heteroatoms. The third kappa shape index (κ3) is 3.55. The average molecular weight is 286 g/mol. The van der Waals surface area contributed by atoms with E-state index in [1.807, 2.05) is 0 Å². The number of carbonyl (C=O) groups is 2. The van der Waals surface area contributed by atoms with Crippen molar-refractivity contribution in [2.75, 3.05) is 11.6 Å². The average Bonchev–Trinajstić information content (AvgIpc) is 2.89. The van der Waals surface area contributed by atoms with Crippen LogP contribution in [0.15, 0.2) is 0 Å². The van der Waals surface area contributed by atoms with E-state index < -0.39 is 12.0 Å². The molecule has 1 saturated carbocycles. The van der Waals surface area contributed by atoms with Gasteiger partial charge < -0.3 is 15.3 Å². The second kappa shape index (κ2) is 6.50. The fourth-order valence-electron chi connectivity index (χ4n) is 2.82. The van der Waals surface area contributed by atoms with Gasteiger partial charge in [-0.05, 0) is 31.6 Å². The fourth-order valence-corrected chi connectivity index (χ4v) is 3.97. The van der Waals surface area contributed by atoms with Crippen molar-refractivity contribution in [3.63, 3.8) is 0 Å². The van der Waals surface area contributed by atoms with Crippen molar-refractivity contribution < 1.29 is 14.7 Å². The zero-order valence-electron chi connectivity index (χ0n) is 11.3. The molecule has 0 spiro atoms. The van der Waals surface area contributed by atoms with Crippen LogP contribution < -0.4 is 5.32 Å². The Hall–Kier alpha value is -0.910. The number of thioether (sulfide) groups is 1. The summed E-state index contributed by atoms with van der Waals surface area (Å²) >= 11 is 1.50. The number of rotatable bonds is 3. The molecule has 108 valence electrons. The Morgan fingerprint density at radius 2 is 2.00 bits per heavy atom. The number of hydrogen-bond acceptors (Lipinski definition) is 3. The van der Waals surface area contributed by atoms with Crippen molar-refractivity contribution in [1.29, 1.82) is 0 Å². The van der Waals surface area contributed by atoms with Gasteiger partial charge in [0, 0.05) is 11.8 Å². The Morgan fingerprint density at radius 1 is 1.32 bits per heavy atom. The zero-order valence-corrected chi connectivity index (χ0v) is 12.1. The number of amides is 2. The highest BCUT2D eigenvalue weighted by Crippen LogP contribution is 2.27. The van der Waals surface area contributed by atoms with Gasteiger partial charge in [-0.1, -0.05) is 13.3 Å². The largest absolute Gasteiger partial charge is 0.480 e. The molecule has 19 heavy (non-hydrogen) atoms. The molecular formula is C13H22N2O3S. The number of nitrogens with one attached hydrogen (secondary N) is 1. The predicted octanol–water partition coefficient (Wildman–Crippen LogP) is 2.12. The monoisotopic (exact) mass is 286 g/mol. The van der Waals surface area contributed by atoms with Crippen LogP contribution in [0.4, 0.5) is 4.79 Å². The molecule has 2 N–H and O–H groups in total. The van der Waals surface area contributed by atoms with Gasteiger partial charge in [0.1, 0.15) is 6.04 Å². The third-order valence-corrected chi connectivity index (χ3v) is 5.19. The standard InChI is InChI=1S/C13H22N2O3S/c1-2-9-3-5-10(6-4-9)14-13(18)15-8-19-7-11(15)12(16)17/h9-11H,2-8H2,1H3,(H,14,18)(H,16,17). The van der Waals surface area contributed by atoms with E-state index in [1.54, 1.807) is 0 Å². The lowest BCUT2D eigenvalue weighted by Crippen LogP contribution is -2.50. The summed E-state index contributed by atoms with van der Waals surface area (Å²) in [5, 5.41) is 12.1. The lowest BCUT2D eigenvalue weighted by atomic mass is 9.84. The van der Waals surface area contributed by atoms with E-state index in [2.05, 4.69) is 12.2 Å². The number of nitrogens with zero attached hydrogens (tertiary/aromatic N) is 1. The van der Waals surface area contributed by atoms with Gasteiger partial charge in [0.25, 0.3) is 0 Å². The fraction of sp³-hybridized carbons (Fsp3) is 0.846. The van der Waals surface area contributed by atoms with Crippen LogP contribution in [0, 0.1) is 5.92 Å². The Kier molecular flexibility index (Phi) is 4.96. The van der Waals surface area contributed by atoms with Gasteiger partial charge in [0.05, 0.1) is 5.88 Å². The highest BCUT2D eigenvalue weighted by Gasteiger charge is 2.35. The number of carbonyl (C=O) groups excluding carboxylic acids is 1. The van der Waals surface area contributed by atoms with Crippen molar-refractivity contribution in [1.82, 2.24) is 10.2 Å². The molecule has 0 bridgehead atoms. The number of urea groups is 1. The smallest absolute Gasteiger partial charge is 0.327 e. The van der Waals surface area contributed by atoms with Gasteiger partial charge in [-0.2, -0.15) is 0 Å². The quantitative estimate of drug-likeness (QED) is 0.834. The van der Waals surface area contributed by atoms with Crippen LogP contribution in [0.25, 0.3) is 0 Å². The molecule has 2 aliphatic rings. The molecule has 0 aromatic heterocycles. The van der Waals surface area contributed by atoms with Gasteiger partial charge in [-0.25, -0.2) is 9.59 Å². The Balaban J connectivity index is 1.82. The Labute approximate surface area is 118 Å². The zero-order chi connectivity index (χ0) is 13.8. The van der Waals surface area contributed by atoms with Crippen molar-refractivity contribution in [3.05, 3.63) is 0 Å². The molecule has 1 aliphatic carbocycles. The van der Waals surface area contributed by atoms with Gasteiger partial charge in [0.15, 0.2) is 0 Å². The van der Waals surface area contributed by atoms with E-state index in [-0.39, 0.29) is 12.1 Å². The summed E-state index contributed by atoms with van der Waals surface area (Å²) in [6.07, 6.45) is 5.58. The summed E-state index contributed by atoms with van der Waals surface area (Å²) in [5.74, 6) is 0.857. The molecule has 5 nitrogen and oxygen atoms in total. The van der Waals surface area contributed by atoms with E-state index >= 15 is 0 Å². The summed E-state index contributed by atoms with van der Waals surface area (Å²) in [6.45, 7) is 2.21. The van der Waals surface area contributed by atoms with Gasteiger partial charge in [0.2, 0.25) is 0 Å². The first kappa shape index (κ1) is 14.5. The number of aliphatic carboxylic acids is 1. The highest BCUT2D eigenvalue weighted by molar-refractivity contribution is 7.99. The lowest BCUT2D eigenvalue weighted by molar-refractivity contribution is -0.140. The van der Waals surface area contributed by atoms with Gasteiger partial charge >= 0.3 is 12.0 Å². The Morgan fingerprint density at radius 3 is 2.58 bits per heavy atom. The first-order valence-electron chi connectivity index (χ1n) is 6.99. The summed E-state index contributed by atoms with van der Waals surface area (Å²) in [5.41, 5.74) is 0. The number of carboxylic acids is 1. The maximum Gasteiger partial charge on any atom is 0.327 e. The molecule has 2 amide bonds. The van der Waals surface area contributed by atoms with Crippen LogP contribution >= 0.6 is 11.8 Å². The van der Waals surface area contributed by atoms with E-state index in [0.717, 1.165) is 18.8 Å². The van der Waals surface area contributed by atoms with Crippen LogP contribution in [0.2, 0.25) is 0 Å². The second-order valence-electron chi connectivity index (χ2n) is 5.40. The van der Waals surface area contributed by atoms with Gasteiger partial charge in [-0.15, -0.1) is 11.8 Å². The van der Waals surface area contributed by atoms with E-state index in [9.17, 15) is 9.59 Å². The molecule has 1 saturated heterocycles. The molecule has 1 atom stereocenters. The highest BCUT2D eigenvalue weighted by atomic mass is 32.2. The van der Waals surface area contributed by atoms with Crippen molar-refractivity contribution in [3.8, 4) is 0 Å². The minimum Gasteiger partial charge on any atom is -0.480 e. The summed E-state index contributed by atoms with van der Waals surface area (Å²) in [7, 11) is 0. The summed E-state index contributed by atoms with van der Waals surface area (Å²) < 4.78 is 0. The first-order valence-corrected chi connectivity index (χ1v) is 8.15. The number of hydrogen-bond donors (Lipinski definition) is 2. The van der Waals surface area contributed by atoms with Crippen molar-refractivity contribution in [2.24, 2.45) is 5.92 Å². The van der Waals surface area contributed by atoms with E-state index in [4.69, 9.17) is 5.11 Å². The predicted molar refractivity (Wildman–Crippen MR) is 75.2 cm³/mol. The first-order chi connectivity index (χ1) is 9.11. The molecule has 2 fully saturated rings. The van der Waals surface area contributed by atoms with Gasteiger partial charge in [-0.3, -0.25) is 0 Å². The molecule has 1 unspecified atom stereocenters. The SMILES string of the molecule is CCC1CCC(NC(=O)N2CSCC2C(=O)O)CC1. The van der Waals surface area contributed by atoms with Crippen LogP contribution in [-0.4, -0.2) is 45.7 Å². The minimum atomic E-state index is -0.908. The molecule has 0 radical (unpaired) electrons. The normalized spacial score (nSPS) is 31.2. The van der Waals surface area contributed by atoms with Crippen LogP contribution in [0.3, 0.4) is 0 Å². The maximum absolute atomic E-state index is 12.1. The molecule has 0 aromatic carbocycles. The van der Waals surface area contributed by atoms with Crippen LogP contribution in [0.5, 0.6) is 0 Å². The van der Waals surface area contributed by atoms with Crippen molar-refractivity contribution in [2.45, 2.75) is 51.1 Å². The lowest BCUT2D eigenvalue weighted by Gasteiger charge is -2.30. The molecule has 2 rings (SSSR count). The van der Waals surface area contributed by atoms with E-state index in [1.165, 1.54) is 35.9 Å². The van der Waals surface area contributed by atoms with Crippen molar-refractivity contribution >= 4 is 23.8 Å². The number of carboxylic acid groups (broad SMARTS) is 1. The Bertz CT molecular complexity index is 343. The molecule has 0 aromatic rings. The maximum atomic E-state index is 12.1. The third-order valence-electron chi connectivity index (χ3n) is 4.18. The minimum absolute atomic E-state index is 0.211. The van der Waals surface area contributed by atoms with E-state index in [0.29, 0.717) is 11.6 Å². The summed E-state index contributed by atoms with van der Waals surface area (Å²) in [6, 6.07) is -0.662. The molecular weight excluding hydrogens is 264 g/mol. The molecule has 1 aliphatic heterocycles. The van der Waals surface area contributed by atoms with Crippen LogP contribution in [0.1, 0.15) is 39.0 Å². The van der Waals surface area contributed by atoms with Crippen LogP contribution in [-0.2, 0) is 4.79 Å².